The van der Waals surface area contributed by atoms with E-state index in [1.54, 1.807) is 0 Å². The Morgan fingerprint density at radius 3 is 1.60 bits per heavy atom. The molecule has 0 amide bonds. The van der Waals surface area contributed by atoms with Crippen LogP contribution in [0.15, 0.2) is 24.3 Å². The molecule has 6 heteroatoms. The van der Waals surface area contributed by atoms with Crippen LogP contribution < -0.4 is 0 Å². The first-order chi connectivity index (χ1) is 9.52. The summed E-state index contributed by atoms with van der Waals surface area (Å²) in [6.45, 7) is 14.4. The SMILES string of the molecule is C=C(C)COCCCOP(O)OCCCOCC(=C)C. The van der Waals surface area contributed by atoms with E-state index in [0.29, 0.717) is 39.6 Å². The van der Waals surface area contributed by atoms with Gasteiger partial charge in [0.25, 0.3) is 0 Å². The van der Waals surface area contributed by atoms with Crippen molar-refractivity contribution >= 4 is 8.60 Å². The van der Waals surface area contributed by atoms with Crippen LogP contribution in [0.1, 0.15) is 26.7 Å². The summed E-state index contributed by atoms with van der Waals surface area (Å²) in [6, 6.07) is 0. The van der Waals surface area contributed by atoms with Crippen LogP contribution in [0.5, 0.6) is 0 Å². The van der Waals surface area contributed by atoms with E-state index in [2.05, 4.69) is 13.2 Å². The van der Waals surface area contributed by atoms with Gasteiger partial charge in [-0.1, -0.05) is 24.3 Å². The van der Waals surface area contributed by atoms with E-state index in [9.17, 15) is 4.89 Å². The van der Waals surface area contributed by atoms with Gasteiger partial charge in [0.1, 0.15) is 0 Å². The van der Waals surface area contributed by atoms with Crippen LogP contribution in [0.4, 0.5) is 0 Å². The first kappa shape index (κ1) is 19.7. The van der Waals surface area contributed by atoms with Crippen molar-refractivity contribution in [3.63, 3.8) is 0 Å². The molecular formula is C14H27O5P. The topological polar surface area (TPSA) is 57.2 Å². The van der Waals surface area contributed by atoms with E-state index in [4.69, 9.17) is 18.5 Å². The maximum atomic E-state index is 9.45. The van der Waals surface area contributed by atoms with Gasteiger partial charge in [0.05, 0.1) is 26.4 Å². The van der Waals surface area contributed by atoms with Gasteiger partial charge in [-0.05, 0) is 26.7 Å². The lowest BCUT2D eigenvalue weighted by Crippen LogP contribution is -2.03. The molecule has 118 valence electrons. The van der Waals surface area contributed by atoms with Crippen LogP contribution in [-0.2, 0) is 18.5 Å². The van der Waals surface area contributed by atoms with E-state index >= 15 is 0 Å². The van der Waals surface area contributed by atoms with Crippen molar-refractivity contribution in [3.8, 4) is 0 Å². The van der Waals surface area contributed by atoms with E-state index in [-0.39, 0.29) is 0 Å². The summed E-state index contributed by atoms with van der Waals surface area (Å²) < 4.78 is 20.9. The fraction of sp³-hybridized carbons (Fsp3) is 0.714. The van der Waals surface area contributed by atoms with E-state index < -0.39 is 8.60 Å². The lowest BCUT2D eigenvalue weighted by Gasteiger charge is -2.11. The summed E-state index contributed by atoms with van der Waals surface area (Å²) in [4.78, 5) is 9.45. The lowest BCUT2D eigenvalue weighted by atomic mass is 10.4. The molecule has 0 saturated heterocycles. The van der Waals surface area contributed by atoms with Crippen molar-refractivity contribution in [2.75, 3.05) is 39.6 Å². The van der Waals surface area contributed by atoms with Crippen LogP contribution in [0.2, 0.25) is 0 Å². The Kier molecular flexibility index (Phi) is 13.5. The van der Waals surface area contributed by atoms with Crippen LogP contribution >= 0.6 is 8.60 Å². The maximum absolute atomic E-state index is 9.45. The molecule has 0 spiro atoms. The quantitative estimate of drug-likeness (QED) is 0.303. The molecule has 0 unspecified atom stereocenters. The highest BCUT2D eigenvalue weighted by molar-refractivity contribution is 7.40. The smallest absolute Gasteiger partial charge is 0.329 e. The Morgan fingerprint density at radius 1 is 0.850 bits per heavy atom. The van der Waals surface area contributed by atoms with Crippen molar-refractivity contribution < 1.29 is 23.4 Å². The average molecular weight is 306 g/mol. The Labute approximate surface area is 123 Å². The second kappa shape index (κ2) is 13.7. The Balaban J connectivity index is 3.22. The molecule has 0 atom stereocenters. The first-order valence-electron chi connectivity index (χ1n) is 6.71. The number of hydrogen-bond donors (Lipinski definition) is 1. The zero-order valence-corrected chi connectivity index (χ0v) is 13.5. The zero-order chi connectivity index (χ0) is 15.2. The van der Waals surface area contributed by atoms with Gasteiger partial charge >= 0.3 is 8.60 Å². The zero-order valence-electron chi connectivity index (χ0n) is 12.6. The van der Waals surface area contributed by atoms with Crippen molar-refractivity contribution in [2.24, 2.45) is 0 Å². The predicted molar refractivity (Wildman–Crippen MR) is 81.5 cm³/mol. The molecule has 0 saturated carbocycles. The minimum Gasteiger partial charge on any atom is -0.377 e. The third-order valence-electron chi connectivity index (χ3n) is 1.97. The summed E-state index contributed by atoms with van der Waals surface area (Å²) in [5.74, 6) is 0. The molecule has 0 radical (unpaired) electrons. The van der Waals surface area contributed by atoms with Crippen LogP contribution in [-0.4, -0.2) is 44.5 Å². The average Bonchev–Trinajstić information content (AvgIpc) is 2.37. The van der Waals surface area contributed by atoms with Gasteiger partial charge in [0, 0.05) is 13.2 Å². The van der Waals surface area contributed by atoms with Gasteiger partial charge in [0.15, 0.2) is 0 Å². The van der Waals surface area contributed by atoms with Gasteiger partial charge in [0.2, 0.25) is 0 Å². The molecular weight excluding hydrogens is 279 g/mol. The summed E-state index contributed by atoms with van der Waals surface area (Å²) in [7, 11) is -1.79. The van der Waals surface area contributed by atoms with E-state index in [1.807, 2.05) is 13.8 Å². The fourth-order valence-electron chi connectivity index (χ4n) is 1.14. The molecule has 1 N–H and O–H groups in total. The number of hydrogen-bond acceptors (Lipinski definition) is 5. The third kappa shape index (κ3) is 15.8. The first-order valence-corrected chi connectivity index (χ1v) is 7.84. The molecule has 0 aromatic carbocycles. The molecule has 0 aliphatic carbocycles. The highest BCUT2D eigenvalue weighted by Gasteiger charge is 2.05. The van der Waals surface area contributed by atoms with Gasteiger partial charge in [-0.25, -0.2) is 0 Å². The van der Waals surface area contributed by atoms with Crippen molar-refractivity contribution in [1.82, 2.24) is 0 Å². The van der Waals surface area contributed by atoms with Gasteiger partial charge in [-0.2, -0.15) is 0 Å². The van der Waals surface area contributed by atoms with E-state index in [1.165, 1.54) is 0 Å². The summed E-state index contributed by atoms with van der Waals surface area (Å²) >= 11 is 0. The Bertz CT molecular complexity index is 244. The normalized spacial score (nSPS) is 11.0. The van der Waals surface area contributed by atoms with Crippen molar-refractivity contribution in [3.05, 3.63) is 24.3 Å². The molecule has 0 aromatic rings. The van der Waals surface area contributed by atoms with Gasteiger partial charge in [-0.15, -0.1) is 0 Å². The summed E-state index contributed by atoms with van der Waals surface area (Å²) in [6.07, 6.45) is 1.44. The second-order valence-corrected chi connectivity index (χ2v) is 5.62. The largest absolute Gasteiger partial charge is 0.377 e. The molecule has 0 aliphatic heterocycles. The molecule has 0 rings (SSSR count). The predicted octanol–water partition coefficient (Wildman–Crippen LogP) is 3.20. The lowest BCUT2D eigenvalue weighted by molar-refractivity contribution is 0.119. The number of rotatable bonds is 14. The standard InChI is InChI=1S/C14H27O5P/c1-13(2)11-16-7-5-9-18-20(15)19-10-6-8-17-12-14(3)4/h15H,1,3,5-12H2,2,4H3. The molecule has 5 nitrogen and oxygen atoms in total. The number of ether oxygens (including phenoxy) is 2. The third-order valence-corrected chi connectivity index (χ3v) is 2.77. The highest BCUT2D eigenvalue weighted by atomic mass is 31.2. The van der Waals surface area contributed by atoms with Crippen LogP contribution in [0.3, 0.4) is 0 Å². The fourth-order valence-corrected chi connectivity index (χ4v) is 1.78. The van der Waals surface area contributed by atoms with Gasteiger partial charge < -0.3 is 23.4 Å². The van der Waals surface area contributed by atoms with Crippen molar-refractivity contribution in [2.45, 2.75) is 26.7 Å². The molecule has 20 heavy (non-hydrogen) atoms. The molecule has 0 heterocycles. The molecule has 0 aliphatic rings. The summed E-state index contributed by atoms with van der Waals surface area (Å²) in [5.41, 5.74) is 1.99. The molecule has 0 bridgehead atoms. The molecule has 0 aromatic heterocycles. The highest BCUT2D eigenvalue weighted by Crippen LogP contribution is 2.32. The maximum Gasteiger partial charge on any atom is 0.329 e. The van der Waals surface area contributed by atoms with Crippen molar-refractivity contribution in [1.29, 1.82) is 0 Å². The minimum atomic E-state index is -1.79. The Hall–Kier alpha value is -0.290. The van der Waals surface area contributed by atoms with Crippen LogP contribution in [0, 0.1) is 0 Å². The minimum absolute atomic E-state index is 0.421. The Morgan fingerprint density at radius 2 is 1.25 bits per heavy atom. The second-order valence-electron chi connectivity index (χ2n) is 4.63. The monoisotopic (exact) mass is 306 g/mol. The molecule has 0 fully saturated rings. The van der Waals surface area contributed by atoms with E-state index in [0.717, 1.165) is 24.0 Å². The summed E-state index contributed by atoms with van der Waals surface area (Å²) in [5, 5.41) is 0. The van der Waals surface area contributed by atoms with Crippen LogP contribution in [0.25, 0.3) is 0 Å². The van der Waals surface area contributed by atoms with Gasteiger partial charge in [-0.3, -0.25) is 0 Å².